The molecule has 38 heavy (non-hydrogen) atoms. The lowest BCUT2D eigenvalue weighted by Crippen LogP contribution is -2.53. The Morgan fingerprint density at radius 3 is 2.37 bits per heavy atom. The molecule has 1 unspecified atom stereocenters. The molecule has 0 bridgehead atoms. The third-order valence-corrected chi connectivity index (χ3v) is 8.56. The van der Waals surface area contributed by atoms with Crippen molar-refractivity contribution in [3.8, 4) is 0 Å². The van der Waals surface area contributed by atoms with Gasteiger partial charge < -0.3 is 19.9 Å². The maximum atomic E-state index is 13.9. The van der Waals surface area contributed by atoms with Crippen LogP contribution >= 0.6 is 0 Å². The summed E-state index contributed by atoms with van der Waals surface area (Å²) in [5, 5.41) is 3.04. The molecule has 1 aliphatic carbocycles. The lowest BCUT2D eigenvalue weighted by Gasteiger charge is -2.36. The number of benzene rings is 1. The Balaban J connectivity index is 1.26. The number of nitrogens with one attached hydrogen (secondary N) is 1. The van der Waals surface area contributed by atoms with E-state index in [9.17, 15) is 14.4 Å². The number of anilines is 1. The summed E-state index contributed by atoms with van der Waals surface area (Å²) in [6.07, 6.45) is 3.75. The van der Waals surface area contributed by atoms with Crippen molar-refractivity contribution in [1.82, 2.24) is 15.1 Å². The number of hydrogen-bond donors (Lipinski definition) is 1. The largest absolute Gasteiger partial charge is 0.369 e. The first-order chi connectivity index (χ1) is 18.1. The highest BCUT2D eigenvalue weighted by molar-refractivity contribution is 5.99. The SMILES string of the molecule is CCCN1CCN(c2ccc(C(=O)NC(CC(C)(C)C)C(=O)N3C[C@H](C4CC4)[C@H]4OCC(=O)[C@H]43)cc2)CC1. The van der Waals surface area contributed by atoms with Crippen molar-refractivity contribution in [2.75, 3.05) is 50.8 Å². The number of nitrogens with zero attached hydrogens (tertiary/aromatic N) is 3. The molecule has 0 aromatic heterocycles. The smallest absolute Gasteiger partial charge is 0.251 e. The van der Waals surface area contributed by atoms with Gasteiger partial charge in [-0.05, 0) is 67.8 Å². The topological polar surface area (TPSA) is 82.2 Å². The predicted octanol–water partition coefficient (Wildman–Crippen LogP) is 2.96. The number of fused-ring (bicyclic) bond motifs is 1. The molecule has 8 heteroatoms. The zero-order valence-electron chi connectivity index (χ0n) is 23.4. The van der Waals surface area contributed by atoms with Crippen LogP contribution in [0.15, 0.2) is 24.3 Å². The molecular formula is C30H44N4O4. The van der Waals surface area contributed by atoms with Crippen LogP contribution in [0.1, 0.15) is 63.7 Å². The Bertz CT molecular complexity index is 1020. The van der Waals surface area contributed by atoms with Crippen LogP contribution in [0.4, 0.5) is 5.69 Å². The van der Waals surface area contributed by atoms with Gasteiger partial charge in [0, 0.05) is 49.9 Å². The summed E-state index contributed by atoms with van der Waals surface area (Å²) in [6.45, 7) is 14.3. The monoisotopic (exact) mass is 524 g/mol. The fourth-order valence-corrected chi connectivity index (χ4v) is 6.48. The summed E-state index contributed by atoms with van der Waals surface area (Å²) in [7, 11) is 0. The van der Waals surface area contributed by atoms with Gasteiger partial charge >= 0.3 is 0 Å². The lowest BCUT2D eigenvalue weighted by molar-refractivity contribution is -0.138. The molecule has 1 N–H and O–H groups in total. The molecule has 1 saturated carbocycles. The van der Waals surface area contributed by atoms with E-state index >= 15 is 0 Å². The third-order valence-electron chi connectivity index (χ3n) is 8.56. The molecule has 4 aliphatic rings. The Morgan fingerprint density at radius 1 is 1.08 bits per heavy atom. The molecule has 1 aromatic rings. The molecule has 5 rings (SSSR count). The number of amides is 2. The van der Waals surface area contributed by atoms with E-state index in [-0.39, 0.29) is 41.6 Å². The van der Waals surface area contributed by atoms with Crippen LogP contribution in [0, 0.1) is 17.3 Å². The summed E-state index contributed by atoms with van der Waals surface area (Å²) in [6, 6.07) is 6.51. The lowest BCUT2D eigenvalue weighted by atomic mass is 9.87. The van der Waals surface area contributed by atoms with E-state index in [1.165, 1.54) is 6.42 Å². The van der Waals surface area contributed by atoms with E-state index in [4.69, 9.17) is 4.74 Å². The third kappa shape index (κ3) is 5.91. The first-order valence-electron chi connectivity index (χ1n) is 14.5. The Kier molecular flexibility index (Phi) is 7.83. The zero-order chi connectivity index (χ0) is 27.0. The van der Waals surface area contributed by atoms with Gasteiger partial charge in [-0.15, -0.1) is 0 Å². The van der Waals surface area contributed by atoms with Gasteiger partial charge in [0.1, 0.15) is 18.7 Å². The summed E-state index contributed by atoms with van der Waals surface area (Å²) < 4.78 is 5.86. The van der Waals surface area contributed by atoms with Gasteiger partial charge in [-0.25, -0.2) is 0 Å². The van der Waals surface area contributed by atoms with E-state index in [2.05, 4.69) is 42.8 Å². The second kappa shape index (κ2) is 11.0. The number of rotatable bonds is 8. The van der Waals surface area contributed by atoms with Crippen LogP contribution in [-0.2, 0) is 14.3 Å². The van der Waals surface area contributed by atoms with E-state index in [1.807, 2.05) is 24.3 Å². The minimum absolute atomic E-state index is 0.0153. The van der Waals surface area contributed by atoms with Crippen molar-refractivity contribution < 1.29 is 19.1 Å². The first kappa shape index (κ1) is 27.1. The van der Waals surface area contributed by atoms with Gasteiger partial charge in [0.05, 0.1) is 6.10 Å². The number of ketones is 1. The Hall–Kier alpha value is -2.45. The molecule has 4 atom stereocenters. The molecule has 4 fully saturated rings. The first-order valence-corrected chi connectivity index (χ1v) is 14.5. The summed E-state index contributed by atoms with van der Waals surface area (Å²) >= 11 is 0. The average Bonchev–Trinajstić information content (AvgIpc) is 3.56. The highest BCUT2D eigenvalue weighted by atomic mass is 16.5. The number of piperazine rings is 1. The number of carbonyl (C=O) groups excluding carboxylic acids is 3. The second-order valence-corrected chi connectivity index (χ2v) is 12.8. The van der Waals surface area contributed by atoms with Crippen molar-refractivity contribution in [2.45, 2.75) is 71.6 Å². The summed E-state index contributed by atoms with van der Waals surface area (Å²) in [5.41, 5.74) is 1.48. The van der Waals surface area contributed by atoms with Gasteiger partial charge in [0.15, 0.2) is 5.78 Å². The number of hydrogen-bond acceptors (Lipinski definition) is 6. The van der Waals surface area contributed by atoms with Gasteiger partial charge in [0.2, 0.25) is 5.91 Å². The number of likely N-dealkylation sites (tertiary alicyclic amines) is 1. The zero-order valence-corrected chi connectivity index (χ0v) is 23.4. The fraction of sp³-hybridized carbons (Fsp3) is 0.700. The van der Waals surface area contributed by atoms with Crippen molar-refractivity contribution in [3.63, 3.8) is 0 Å². The Labute approximate surface area is 227 Å². The van der Waals surface area contributed by atoms with Crippen LogP contribution in [0.5, 0.6) is 0 Å². The van der Waals surface area contributed by atoms with Crippen LogP contribution in [0.25, 0.3) is 0 Å². The molecule has 2 amide bonds. The van der Waals surface area contributed by atoms with Crippen molar-refractivity contribution >= 4 is 23.3 Å². The van der Waals surface area contributed by atoms with Gasteiger partial charge in [-0.1, -0.05) is 27.7 Å². The van der Waals surface area contributed by atoms with Crippen LogP contribution in [-0.4, -0.2) is 91.5 Å². The predicted molar refractivity (Wildman–Crippen MR) is 147 cm³/mol. The maximum Gasteiger partial charge on any atom is 0.251 e. The van der Waals surface area contributed by atoms with E-state index in [0.717, 1.165) is 51.3 Å². The fourth-order valence-electron chi connectivity index (χ4n) is 6.48. The maximum absolute atomic E-state index is 13.9. The van der Waals surface area contributed by atoms with E-state index < -0.39 is 12.1 Å². The van der Waals surface area contributed by atoms with Gasteiger partial charge in [-0.3, -0.25) is 19.3 Å². The minimum atomic E-state index is -0.694. The molecule has 0 radical (unpaired) electrons. The van der Waals surface area contributed by atoms with Crippen LogP contribution < -0.4 is 10.2 Å². The second-order valence-electron chi connectivity index (χ2n) is 12.8. The highest BCUT2D eigenvalue weighted by Gasteiger charge is 2.56. The quantitative estimate of drug-likeness (QED) is 0.563. The standard InChI is InChI=1S/C30H44N4O4/c1-5-12-32-13-15-33(16-14-32)22-10-8-21(9-11-22)28(36)31-24(17-30(2,3)4)29(37)34-18-23(20-6-7-20)27-26(34)25(35)19-38-27/h8-11,20,23-24,26-27H,5-7,12-19H2,1-4H3,(H,31,36)/t23-,24?,26-,27-/m1/s1. The minimum Gasteiger partial charge on any atom is -0.369 e. The molecule has 208 valence electrons. The van der Waals surface area contributed by atoms with Gasteiger partial charge in [0.25, 0.3) is 5.91 Å². The van der Waals surface area contributed by atoms with E-state index in [0.29, 0.717) is 24.4 Å². The van der Waals surface area contributed by atoms with Crippen molar-refractivity contribution in [1.29, 1.82) is 0 Å². The Morgan fingerprint density at radius 2 is 1.76 bits per heavy atom. The highest BCUT2D eigenvalue weighted by Crippen LogP contribution is 2.46. The van der Waals surface area contributed by atoms with Crippen LogP contribution in [0.3, 0.4) is 0 Å². The van der Waals surface area contributed by atoms with Crippen LogP contribution in [0.2, 0.25) is 0 Å². The number of carbonyl (C=O) groups is 3. The molecular weight excluding hydrogens is 480 g/mol. The average molecular weight is 525 g/mol. The molecule has 3 aliphatic heterocycles. The normalized spacial score (nSPS) is 26.9. The molecule has 3 heterocycles. The molecule has 1 aromatic carbocycles. The molecule has 3 saturated heterocycles. The molecule has 0 spiro atoms. The number of Topliss-reactive ketones (excluding diaryl/α,β-unsaturated/α-hetero) is 1. The van der Waals surface area contributed by atoms with Crippen molar-refractivity contribution in [3.05, 3.63) is 29.8 Å². The van der Waals surface area contributed by atoms with E-state index in [1.54, 1.807) is 4.90 Å². The van der Waals surface area contributed by atoms with Gasteiger partial charge in [-0.2, -0.15) is 0 Å². The molecule has 8 nitrogen and oxygen atoms in total. The number of ether oxygens (including phenoxy) is 1. The van der Waals surface area contributed by atoms with Crippen molar-refractivity contribution in [2.24, 2.45) is 17.3 Å². The summed E-state index contributed by atoms with van der Waals surface area (Å²) in [5.74, 6) is 0.327. The summed E-state index contributed by atoms with van der Waals surface area (Å²) in [4.78, 5) is 46.5.